The Labute approximate surface area is 108 Å². The minimum Gasteiger partial charge on any atom is -0.497 e. The van der Waals surface area contributed by atoms with Crippen LogP contribution in [0.15, 0.2) is 42.7 Å². The first kappa shape index (κ1) is 12.7. The lowest BCUT2D eigenvalue weighted by atomic mass is 10.1. The Kier molecular flexibility index (Phi) is 4.05. The van der Waals surface area contributed by atoms with Crippen molar-refractivity contribution in [2.24, 2.45) is 5.73 Å². The Balaban J connectivity index is 1.93. The van der Waals surface area contributed by atoms with E-state index in [0.717, 1.165) is 18.7 Å². The topological polar surface area (TPSA) is 40.2 Å². The molecule has 3 heteroatoms. The molecule has 0 fully saturated rings. The fourth-order valence-corrected chi connectivity index (χ4v) is 1.92. The van der Waals surface area contributed by atoms with E-state index in [2.05, 4.69) is 35.2 Å². The fourth-order valence-electron chi connectivity index (χ4n) is 1.92. The van der Waals surface area contributed by atoms with Crippen LogP contribution in [0, 0.1) is 0 Å². The predicted octanol–water partition coefficient (Wildman–Crippen LogP) is 2.76. The molecule has 0 bridgehead atoms. The van der Waals surface area contributed by atoms with Crippen molar-refractivity contribution in [3.8, 4) is 5.75 Å². The summed E-state index contributed by atoms with van der Waals surface area (Å²) in [6.45, 7) is 2.97. The number of aromatic nitrogens is 1. The van der Waals surface area contributed by atoms with Crippen LogP contribution in [0.2, 0.25) is 0 Å². The Morgan fingerprint density at radius 2 is 1.94 bits per heavy atom. The van der Waals surface area contributed by atoms with E-state index in [4.69, 9.17) is 10.5 Å². The fraction of sp³-hybridized carbons (Fsp3) is 0.333. The number of nitrogens with two attached hydrogens (primary N) is 1. The predicted molar refractivity (Wildman–Crippen MR) is 73.7 cm³/mol. The van der Waals surface area contributed by atoms with Crippen LogP contribution in [0.3, 0.4) is 0 Å². The van der Waals surface area contributed by atoms with Crippen LogP contribution in [0.5, 0.6) is 5.75 Å². The summed E-state index contributed by atoms with van der Waals surface area (Å²) in [6.07, 6.45) is 5.22. The number of hydrogen-bond donors (Lipinski definition) is 1. The van der Waals surface area contributed by atoms with Gasteiger partial charge in [-0.05, 0) is 42.7 Å². The van der Waals surface area contributed by atoms with Gasteiger partial charge in [-0.3, -0.25) is 0 Å². The molecule has 0 aliphatic carbocycles. The second-order valence-corrected chi connectivity index (χ2v) is 4.57. The maximum Gasteiger partial charge on any atom is 0.118 e. The molecule has 0 aliphatic rings. The van der Waals surface area contributed by atoms with Gasteiger partial charge in [0.05, 0.1) is 7.11 Å². The summed E-state index contributed by atoms with van der Waals surface area (Å²) in [5.41, 5.74) is 8.34. The Bertz CT molecular complexity index is 485. The van der Waals surface area contributed by atoms with E-state index in [1.165, 1.54) is 11.1 Å². The molecule has 96 valence electrons. The van der Waals surface area contributed by atoms with E-state index in [1.807, 2.05) is 19.1 Å². The summed E-state index contributed by atoms with van der Waals surface area (Å²) in [5, 5.41) is 0. The van der Waals surface area contributed by atoms with E-state index in [1.54, 1.807) is 7.11 Å². The second kappa shape index (κ2) is 5.74. The molecule has 0 saturated heterocycles. The molecule has 1 atom stereocenters. The summed E-state index contributed by atoms with van der Waals surface area (Å²) in [6, 6.07) is 10.4. The van der Waals surface area contributed by atoms with Gasteiger partial charge in [0.1, 0.15) is 5.75 Å². The quantitative estimate of drug-likeness (QED) is 0.878. The van der Waals surface area contributed by atoms with Crippen molar-refractivity contribution < 1.29 is 4.74 Å². The van der Waals surface area contributed by atoms with E-state index in [0.29, 0.717) is 0 Å². The van der Waals surface area contributed by atoms with Crippen LogP contribution >= 0.6 is 0 Å². The van der Waals surface area contributed by atoms with Gasteiger partial charge >= 0.3 is 0 Å². The third-order valence-electron chi connectivity index (χ3n) is 3.12. The van der Waals surface area contributed by atoms with Crippen LogP contribution in [-0.2, 0) is 13.0 Å². The summed E-state index contributed by atoms with van der Waals surface area (Å²) in [7, 11) is 1.68. The van der Waals surface area contributed by atoms with Crippen molar-refractivity contribution in [3.63, 3.8) is 0 Å². The van der Waals surface area contributed by atoms with Crippen molar-refractivity contribution in [1.29, 1.82) is 0 Å². The van der Waals surface area contributed by atoms with Crippen molar-refractivity contribution in [3.05, 3.63) is 53.9 Å². The molecule has 2 N–H and O–H groups in total. The molecule has 1 heterocycles. The standard InChI is InChI=1S/C15H20N2O/c1-12(16)14-8-10-17(11-14)9-7-13-3-5-15(18-2)6-4-13/h3-6,8,10-12H,7,9,16H2,1-2H3. The number of benzene rings is 1. The van der Waals surface area contributed by atoms with Crippen molar-refractivity contribution in [2.75, 3.05) is 7.11 Å². The van der Waals surface area contributed by atoms with Crippen LogP contribution < -0.4 is 10.5 Å². The highest BCUT2D eigenvalue weighted by Gasteiger charge is 2.01. The first-order valence-electron chi connectivity index (χ1n) is 6.23. The average Bonchev–Trinajstić information content (AvgIpc) is 2.86. The van der Waals surface area contributed by atoms with Gasteiger partial charge in [-0.15, -0.1) is 0 Å². The number of aryl methyl sites for hydroxylation is 2. The molecular weight excluding hydrogens is 224 g/mol. The monoisotopic (exact) mass is 244 g/mol. The van der Waals surface area contributed by atoms with E-state index in [-0.39, 0.29) is 6.04 Å². The summed E-state index contributed by atoms with van der Waals surface area (Å²) in [5.74, 6) is 0.902. The zero-order valence-electron chi connectivity index (χ0n) is 11.0. The van der Waals surface area contributed by atoms with Gasteiger partial charge in [0.25, 0.3) is 0 Å². The Morgan fingerprint density at radius 1 is 1.22 bits per heavy atom. The van der Waals surface area contributed by atoms with Gasteiger partial charge in [-0.1, -0.05) is 12.1 Å². The normalized spacial score (nSPS) is 12.4. The Morgan fingerprint density at radius 3 is 2.50 bits per heavy atom. The van der Waals surface area contributed by atoms with Crippen LogP contribution in [0.4, 0.5) is 0 Å². The number of methoxy groups -OCH3 is 1. The number of rotatable bonds is 5. The lowest BCUT2D eigenvalue weighted by Gasteiger charge is -2.05. The molecule has 18 heavy (non-hydrogen) atoms. The number of nitrogens with zero attached hydrogens (tertiary/aromatic N) is 1. The maximum atomic E-state index is 5.84. The highest BCUT2D eigenvalue weighted by molar-refractivity contribution is 5.27. The highest BCUT2D eigenvalue weighted by Crippen LogP contribution is 2.13. The van der Waals surface area contributed by atoms with Crippen molar-refractivity contribution >= 4 is 0 Å². The lowest BCUT2D eigenvalue weighted by Crippen LogP contribution is -2.04. The van der Waals surface area contributed by atoms with Gasteiger partial charge < -0.3 is 15.0 Å². The minimum atomic E-state index is 0.104. The first-order valence-corrected chi connectivity index (χ1v) is 6.23. The summed E-state index contributed by atoms with van der Waals surface area (Å²) >= 11 is 0. The molecule has 0 saturated carbocycles. The van der Waals surface area contributed by atoms with E-state index in [9.17, 15) is 0 Å². The molecule has 0 radical (unpaired) electrons. The highest BCUT2D eigenvalue weighted by atomic mass is 16.5. The largest absolute Gasteiger partial charge is 0.497 e. The van der Waals surface area contributed by atoms with Gasteiger partial charge in [0.2, 0.25) is 0 Å². The summed E-state index contributed by atoms with van der Waals surface area (Å²) < 4.78 is 7.33. The van der Waals surface area contributed by atoms with Gasteiger partial charge in [-0.25, -0.2) is 0 Å². The minimum absolute atomic E-state index is 0.104. The van der Waals surface area contributed by atoms with Gasteiger partial charge in [-0.2, -0.15) is 0 Å². The van der Waals surface area contributed by atoms with Crippen LogP contribution in [-0.4, -0.2) is 11.7 Å². The smallest absolute Gasteiger partial charge is 0.118 e. The maximum absolute atomic E-state index is 5.84. The first-order chi connectivity index (χ1) is 8.69. The number of ether oxygens (including phenoxy) is 1. The van der Waals surface area contributed by atoms with Crippen LogP contribution in [0.25, 0.3) is 0 Å². The van der Waals surface area contributed by atoms with Crippen molar-refractivity contribution in [2.45, 2.75) is 25.9 Å². The molecule has 1 unspecified atom stereocenters. The van der Waals surface area contributed by atoms with Crippen LogP contribution in [0.1, 0.15) is 24.1 Å². The average molecular weight is 244 g/mol. The van der Waals surface area contributed by atoms with Crippen molar-refractivity contribution in [1.82, 2.24) is 4.57 Å². The zero-order chi connectivity index (χ0) is 13.0. The molecule has 3 nitrogen and oxygen atoms in total. The molecule has 1 aromatic heterocycles. The Hall–Kier alpha value is -1.74. The summed E-state index contributed by atoms with van der Waals surface area (Å²) in [4.78, 5) is 0. The molecule has 2 rings (SSSR count). The molecule has 1 aromatic carbocycles. The molecule has 0 amide bonds. The van der Waals surface area contributed by atoms with Gasteiger partial charge in [0, 0.05) is 25.0 Å². The number of hydrogen-bond acceptors (Lipinski definition) is 2. The van der Waals surface area contributed by atoms with E-state index < -0.39 is 0 Å². The van der Waals surface area contributed by atoms with Gasteiger partial charge in [0.15, 0.2) is 0 Å². The lowest BCUT2D eigenvalue weighted by molar-refractivity contribution is 0.414. The third kappa shape index (κ3) is 3.14. The molecule has 0 spiro atoms. The zero-order valence-corrected chi connectivity index (χ0v) is 11.0. The molecule has 0 aliphatic heterocycles. The third-order valence-corrected chi connectivity index (χ3v) is 3.12. The molecule has 2 aromatic rings. The van der Waals surface area contributed by atoms with E-state index >= 15 is 0 Å². The molecular formula is C15H20N2O. The SMILES string of the molecule is COc1ccc(CCn2ccc(C(C)N)c2)cc1. The second-order valence-electron chi connectivity index (χ2n) is 4.57.